The van der Waals surface area contributed by atoms with E-state index in [4.69, 9.17) is 4.74 Å². The van der Waals surface area contributed by atoms with Crippen LogP contribution < -0.4 is 10.1 Å². The van der Waals surface area contributed by atoms with Crippen LogP contribution in [0, 0.1) is 12.8 Å². The normalized spacial score (nSPS) is 16.5. The van der Waals surface area contributed by atoms with Crippen molar-refractivity contribution in [1.29, 1.82) is 0 Å². The van der Waals surface area contributed by atoms with Crippen LogP contribution in [0.3, 0.4) is 0 Å². The summed E-state index contributed by atoms with van der Waals surface area (Å²) in [4.78, 5) is 13.0. The number of nitrogens with zero attached hydrogens (tertiary/aromatic N) is 1. The number of aryl methyl sites for hydroxylation is 1. The van der Waals surface area contributed by atoms with Crippen LogP contribution in [0.2, 0.25) is 0 Å². The molecule has 1 aliphatic rings. The molecule has 1 aliphatic heterocycles. The third kappa shape index (κ3) is 6.15. The van der Waals surface area contributed by atoms with Crippen LogP contribution in [0.15, 0.2) is 42.5 Å². The summed E-state index contributed by atoms with van der Waals surface area (Å²) in [6.07, 6.45) is 1.07. The maximum absolute atomic E-state index is 13.0. The zero-order valence-corrected chi connectivity index (χ0v) is 21.1. The largest absolute Gasteiger partial charge is 0.496 e. The van der Waals surface area contributed by atoms with Gasteiger partial charge in [0.05, 0.1) is 18.9 Å². The Labute approximate surface area is 198 Å². The van der Waals surface area contributed by atoms with E-state index in [1.54, 1.807) is 7.11 Å². The molecular formula is C26H36N2O4S. The maximum atomic E-state index is 13.0. The van der Waals surface area contributed by atoms with E-state index in [0.29, 0.717) is 31.8 Å². The number of carbonyl (C=O) groups excluding carboxylic acids is 1. The summed E-state index contributed by atoms with van der Waals surface area (Å²) in [5.74, 6) is 0.984. The van der Waals surface area contributed by atoms with Crippen molar-refractivity contribution in [2.45, 2.75) is 58.2 Å². The summed E-state index contributed by atoms with van der Waals surface area (Å²) in [6.45, 7) is 9.03. The molecule has 0 radical (unpaired) electrons. The van der Waals surface area contributed by atoms with Gasteiger partial charge in [-0.05, 0) is 67.0 Å². The molecule has 2 aromatic carbocycles. The van der Waals surface area contributed by atoms with E-state index in [2.05, 4.69) is 25.2 Å². The van der Waals surface area contributed by atoms with Gasteiger partial charge < -0.3 is 10.1 Å². The Hall–Kier alpha value is -2.38. The number of amides is 1. The predicted octanol–water partition coefficient (Wildman–Crippen LogP) is 4.55. The predicted molar refractivity (Wildman–Crippen MR) is 132 cm³/mol. The lowest BCUT2D eigenvalue weighted by molar-refractivity contribution is -0.126. The van der Waals surface area contributed by atoms with Gasteiger partial charge in [-0.3, -0.25) is 4.79 Å². The quantitative estimate of drug-likeness (QED) is 0.612. The molecule has 0 spiro atoms. The average molecular weight is 473 g/mol. The number of sulfonamides is 1. The molecule has 2 aromatic rings. The molecule has 1 atom stereocenters. The van der Waals surface area contributed by atoms with E-state index in [1.165, 1.54) is 4.31 Å². The zero-order chi connectivity index (χ0) is 24.2. The molecule has 1 fully saturated rings. The number of rotatable bonds is 8. The summed E-state index contributed by atoms with van der Waals surface area (Å²) < 4.78 is 32.6. The molecule has 0 bridgehead atoms. The standard InChI is InChI=1S/C26H36N2O4S/c1-18(2)23-16-24(19(3)15-25(23)32-5)20(4)27-26(29)22-11-13-28(14-12-22)33(30,31)17-21-9-7-6-8-10-21/h6-10,15-16,18,20,22H,11-14,17H2,1-5H3,(H,27,29). The van der Waals surface area contributed by atoms with Gasteiger partial charge in [-0.2, -0.15) is 0 Å². The molecule has 6 nitrogen and oxygen atoms in total. The van der Waals surface area contributed by atoms with E-state index in [9.17, 15) is 13.2 Å². The molecule has 1 heterocycles. The SMILES string of the molecule is COc1cc(C)c(C(C)NC(=O)C2CCN(S(=O)(=O)Cc3ccccc3)CC2)cc1C(C)C. The molecule has 1 N–H and O–H groups in total. The molecule has 7 heteroatoms. The molecule has 180 valence electrons. The molecule has 33 heavy (non-hydrogen) atoms. The van der Waals surface area contributed by atoms with Crippen LogP contribution in [-0.2, 0) is 20.6 Å². The molecule has 0 saturated carbocycles. The van der Waals surface area contributed by atoms with Crippen LogP contribution >= 0.6 is 0 Å². The highest BCUT2D eigenvalue weighted by Gasteiger charge is 2.31. The summed E-state index contributed by atoms with van der Waals surface area (Å²) >= 11 is 0. The number of benzene rings is 2. The second-order valence-electron chi connectivity index (χ2n) is 9.25. The van der Waals surface area contributed by atoms with Gasteiger partial charge in [-0.1, -0.05) is 44.2 Å². The highest BCUT2D eigenvalue weighted by atomic mass is 32.2. The second kappa shape index (κ2) is 10.7. The van der Waals surface area contributed by atoms with Crippen LogP contribution in [0.25, 0.3) is 0 Å². The molecule has 0 aliphatic carbocycles. The zero-order valence-electron chi connectivity index (χ0n) is 20.3. The fourth-order valence-corrected chi connectivity index (χ4v) is 6.05. The molecule has 1 saturated heterocycles. The van der Waals surface area contributed by atoms with Crippen LogP contribution in [0.5, 0.6) is 5.75 Å². The number of carbonyl (C=O) groups is 1. The number of piperidine rings is 1. The molecule has 3 rings (SSSR count). The first-order valence-corrected chi connectivity index (χ1v) is 13.2. The highest BCUT2D eigenvalue weighted by Crippen LogP contribution is 2.32. The molecule has 0 aromatic heterocycles. The van der Waals surface area contributed by atoms with Gasteiger partial charge in [0.2, 0.25) is 15.9 Å². The van der Waals surface area contributed by atoms with Gasteiger partial charge in [0.25, 0.3) is 0 Å². The van der Waals surface area contributed by atoms with Crippen molar-refractivity contribution in [2.24, 2.45) is 5.92 Å². The minimum Gasteiger partial charge on any atom is -0.496 e. The fraction of sp³-hybridized carbons (Fsp3) is 0.500. The summed E-state index contributed by atoms with van der Waals surface area (Å²) in [5.41, 5.74) is 4.06. The monoisotopic (exact) mass is 472 g/mol. The Bertz CT molecular complexity index is 1060. The first-order chi connectivity index (χ1) is 15.6. The maximum Gasteiger partial charge on any atom is 0.223 e. The van der Waals surface area contributed by atoms with Gasteiger partial charge in [0.1, 0.15) is 5.75 Å². The minimum atomic E-state index is -3.39. The van der Waals surface area contributed by atoms with Crippen LogP contribution in [0.4, 0.5) is 0 Å². The highest BCUT2D eigenvalue weighted by molar-refractivity contribution is 7.88. The van der Waals surface area contributed by atoms with E-state index in [-0.39, 0.29) is 23.6 Å². The van der Waals surface area contributed by atoms with Gasteiger partial charge >= 0.3 is 0 Å². The van der Waals surface area contributed by atoms with Crippen LogP contribution in [0.1, 0.15) is 67.8 Å². The third-order valence-electron chi connectivity index (χ3n) is 6.48. The topological polar surface area (TPSA) is 75.7 Å². The third-order valence-corrected chi connectivity index (χ3v) is 8.33. The van der Waals surface area contributed by atoms with Crippen molar-refractivity contribution in [2.75, 3.05) is 20.2 Å². The van der Waals surface area contributed by atoms with Gasteiger partial charge in [-0.25, -0.2) is 12.7 Å². The van der Waals surface area contributed by atoms with Crippen LogP contribution in [-0.4, -0.2) is 38.8 Å². The van der Waals surface area contributed by atoms with Crippen molar-refractivity contribution in [3.05, 3.63) is 64.7 Å². The summed E-state index contributed by atoms with van der Waals surface area (Å²) in [7, 11) is -1.71. The number of hydrogen-bond acceptors (Lipinski definition) is 4. The van der Waals surface area contributed by atoms with Crippen molar-refractivity contribution >= 4 is 15.9 Å². The first-order valence-electron chi connectivity index (χ1n) is 11.6. The van der Waals surface area contributed by atoms with E-state index < -0.39 is 10.0 Å². The summed E-state index contributed by atoms with van der Waals surface area (Å²) in [6, 6.07) is 13.2. The average Bonchev–Trinajstić information content (AvgIpc) is 2.78. The van der Waals surface area contributed by atoms with Gasteiger partial charge in [-0.15, -0.1) is 0 Å². The van der Waals surface area contributed by atoms with Crippen molar-refractivity contribution in [3.8, 4) is 5.75 Å². The Balaban J connectivity index is 1.61. The molecular weight excluding hydrogens is 436 g/mol. The lowest BCUT2D eigenvalue weighted by Gasteiger charge is -2.31. The first kappa shape index (κ1) is 25.2. The number of ether oxygens (including phenoxy) is 1. The Morgan fingerprint density at radius 2 is 1.73 bits per heavy atom. The number of methoxy groups -OCH3 is 1. The van der Waals surface area contributed by atoms with Gasteiger partial charge in [0.15, 0.2) is 0 Å². The Morgan fingerprint density at radius 1 is 1.09 bits per heavy atom. The smallest absolute Gasteiger partial charge is 0.223 e. The molecule has 1 amide bonds. The van der Waals surface area contributed by atoms with E-state index in [0.717, 1.165) is 28.0 Å². The number of hydrogen-bond donors (Lipinski definition) is 1. The summed E-state index contributed by atoms with van der Waals surface area (Å²) in [5, 5.41) is 3.16. The van der Waals surface area contributed by atoms with E-state index >= 15 is 0 Å². The molecule has 1 unspecified atom stereocenters. The van der Waals surface area contributed by atoms with Crippen molar-refractivity contribution in [1.82, 2.24) is 9.62 Å². The number of nitrogens with one attached hydrogen (secondary N) is 1. The lowest BCUT2D eigenvalue weighted by Crippen LogP contribution is -2.43. The Morgan fingerprint density at radius 3 is 2.30 bits per heavy atom. The second-order valence-corrected chi connectivity index (χ2v) is 11.2. The van der Waals surface area contributed by atoms with E-state index in [1.807, 2.05) is 50.2 Å². The van der Waals surface area contributed by atoms with Crippen molar-refractivity contribution < 1.29 is 17.9 Å². The lowest BCUT2D eigenvalue weighted by atomic mass is 9.92. The Kier molecular flexibility index (Phi) is 8.19. The van der Waals surface area contributed by atoms with Gasteiger partial charge in [0, 0.05) is 19.0 Å². The minimum absolute atomic E-state index is 0.00331. The fourth-order valence-electron chi connectivity index (χ4n) is 4.49. The van der Waals surface area contributed by atoms with Crippen molar-refractivity contribution in [3.63, 3.8) is 0 Å².